The lowest BCUT2D eigenvalue weighted by atomic mass is 10.1. The summed E-state index contributed by atoms with van der Waals surface area (Å²) in [6.07, 6.45) is 4.95. The Hall–Kier alpha value is -2.09. The third-order valence-electron chi connectivity index (χ3n) is 3.97. The van der Waals surface area contributed by atoms with Crippen molar-refractivity contribution >= 4 is 35.6 Å². The molecule has 2 heterocycles. The van der Waals surface area contributed by atoms with E-state index in [0.717, 1.165) is 36.8 Å². The second-order valence-corrected chi connectivity index (χ2v) is 6.06. The number of nitrogens with one attached hydrogen (secondary N) is 2. The standard InChI is InChI=1S/C20H25N5.HI/c1-3-21-20(23-14-17-9-7-16(2)8-10-17)22-12-11-18-15-25-13-5-4-6-19(25)24-18;/h4-10,13,15H,3,11-12,14H2,1-2H3,(H2,21,22,23);1H. The van der Waals surface area contributed by atoms with Crippen LogP contribution < -0.4 is 10.6 Å². The molecule has 0 spiro atoms. The summed E-state index contributed by atoms with van der Waals surface area (Å²) in [5.41, 5.74) is 4.54. The van der Waals surface area contributed by atoms with E-state index in [1.807, 2.05) is 28.8 Å². The molecule has 0 bridgehead atoms. The molecule has 2 aromatic heterocycles. The third kappa shape index (κ3) is 5.72. The summed E-state index contributed by atoms with van der Waals surface area (Å²) in [6.45, 7) is 6.48. The summed E-state index contributed by atoms with van der Waals surface area (Å²) in [7, 11) is 0. The Morgan fingerprint density at radius 1 is 1.12 bits per heavy atom. The number of aryl methyl sites for hydroxylation is 1. The number of rotatable bonds is 6. The van der Waals surface area contributed by atoms with Gasteiger partial charge < -0.3 is 15.0 Å². The van der Waals surface area contributed by atoms with Gasteiger partial charge in [0.2, 0.25) is 0 Å². The minimum Gasteiger partial charge on any atom is -0.357 e. The fourth-order valence-electron chi connectivity index (χ4n) is 2.62. The van der Waals surface area contributed by atoms with Crippen LogP contribution in [-0.2, 0) is 13.0 Å². The van der Waals surface area contributed by atoms with Gasteiger partial charge in [0, 0.05) is 31.9 Å². The molecule has 6 heteroatoms. The van der Waals surface area contributed by atoms with E-state index in [2.05, 4.69) is 64.9 Å². The molecule has 26 heavy (non-hydrogen) atoms. The SMILES string of the molecule is CCNC(=NCc1ccc(C)cc1)NCCc1cn2ccccc2n1.I. The van der Waals surface area contributed by atoms with Gasteiger partial charge in [0.15, 0.2) is 5.96 Å². The molecule has 3 aromatic rings. The second-order valence-electron chi connectivity index (χ2n) is 6.06. The summed E-state index contributed by atoms with van der Waals surface area (Å²) in [4.78, 5) is 9.28. The molecule has 0 radical (unpaired) electrons. The Morgan fingerprint density at radius 3 is 2.65 bits per heavy atom. The van der Waals surface area contributed by atoms with Crippen molar-refractivity contribution in [1.82, 2.24) is 20.0 Å². The largest absolute Gasteiger partial charge is 0.357 e. The Morgan fingerprint density at radius 2 is 1.92 bits per heavy atom. The molecule has 2 N–H and O–H groups in total. The van der Waals surface area contributed by atoms with E-state index in [4.69, 9.17) is 0 Å². The first-order valence-electron chi connectivity index (χ1n) is 8.75. The maximum atomic E-state index is 4.66. The van der Waals surface area contributed by atoms with Gasteiger partial charge in [0.1, 0.15) is 5.65 Å². The number of pyridine rings is 1. The first-order chi connectivity index (χ1) is 12.2. The number of imidazole rings is 1. The maximum Gasteiger partial charge on any atom is 0.191 e. The highest BCUT2D eigenvalue weighted by molar-refractivity contribution is 14.0. The number of benzene rings is 1. The number of hydrogen-bond acceptors (Lipinski definition) is 2. The molecule has 0 saturated heterocycles. The Balaban J connectivity index is 0.00000243. The van der Waals surface area contributed by atoms with Crippen molar-refractivity contribution in [3.63, 3.8) is 0 Å². The molecule has 0 aliphatic rings. The van der Waals surface area contributed by atoms with Crippen LogP contribution in [0.2, 0.25) is 0 Å². The van der Waals surface area contributed by atoms with Crippen LogP contribution in [0.1, 0.15) is 23.7 Å². The van der Waals surface area contributed by atoms with E-state index in [0.29, 0.717) is 6.54 Å². The Bertz CT molecular complexity index is 806. The van der Waals surface area contributed by atoms with Crippen LogP contribution in [0.4, 0.5) is 0 Å². The molecular formula is C20H26IN5. The van der Waals surface area contributed by atoms with Gasteiger partial charge in [-0.15, -0.1) is 24.0 Å². The Labute approximate surface area is 172 Å². The lowest BCUT2D eigenvalue weighted by Crippen LogP contribution is -2.38. The van der Waals surface area contributed by atoms with E-state index in [1.165, 1.54) is 11.1 Å². The summed E-state index contributed by atoms with van der Waals surface area (Å²) >= 11 is 0. The van der Waals surface area contributed by atoms with Crippen LogP contribution in [0.5, 0.6) is 0 Å². The topological polar surface area (TPSA) is 53.7 Å². The van der Waals surface area contributed by atoms with E-state index in [1.54, 1.807) is 0 Å². The first kappa shape index (κ1) is 20.2. The first-order valence-corrected chi connectivity index (χ1v) is 8.75. The molecule has 0 unspecified atom stereocenters. The van der Waals surface area contributed by atoms with Crippen LogP contribution in [0.15, 0.2) is 59.9 Å². The number of halogens is 1. The van der Waals surface area contributed by atoms with Gasteiger partial charge in [-0.05, 0) is 31.5 Å². The maximum absolute atomic E-state index is 4.66. The van der Waals surface area contributed by atoms with Crippen LogP contribution >= 0.6 is 24.0 Å². The number of aliphatic imine (C=N–C) groups is 1. The zero-order valence-corrected chi connectivity index (χ0v) is 17.6. The minimum absolute atomic E-state index is 0. The van der Waals surface area contributed by atoms with Crippen LogP contribution in [-0.4, -0.2) is 28.4 Å². The number of fused-ring (bicyclic) bond motifs is 1. The molecule has 5 nitrogen and oxygen atoms in total. The van der Waals surface area contributed by atoms with Crippen LogP contribution in [0.3, 0.4) is 0 Å². The molecule has 0 fully saturated rings. The van der Waals surface area contributed by atoms with Crippen molar-refractivity contribution in [2.45, 2.75) is 26.8 Å². The Kier molecular flexibility index (Phi) is 7.90. The normalized spacial score (nSPS) is 11.2. The molecule has 1 aromatic carbocycles. The fourth-order valence-corrected chi connectivity index (χ4v) is 2.62. The number of nitrogens with zero attached hydrogens (tertiary/aromatic N) is 3. The van der Waals surface area contributed by atoms with Crippen molar-refractivity contribution in [1.29, 1.82) is 0 Å². The van der Waals surface area contributed by atoms with Gasteiger partial charge in [-0.1, -0.05) is 35.9 Å². The number of hydrogen-bond donors (Lipinski definition) is 2. The summed E-state index contributed by atoms with van der Waals surface area (Å²) in [5, 5.41) is 6.68. The smallest absolute Gasteiger partial charge is 0.191 e. The van der Waals surface area contributed by atoms with Crippen LogP contribution in [0, 0.1) is 6.92 Å². The van der Waals surface area contributed by atoms with E-state index in [-0.39, 0.29) is 24.0 Å². The fraction of sp³-hybridized carbons (Fsp3) is 0.300. The molecular weight excluding hydrogens is 437 g/mol. The second kappa shape index (κ2) is 10.2. The lowest BCUT2D eigenvalue weighted by Gasteiger charge is -2.10. The summed E-state index contributed by atoms with van der Waals surface area (Å²) in [6, 6.07) is 14.5. The summed E-state index contributed by atoms with van der Waals surface area (Å²) < 4.78 is 2.05. The van der Waals surface area contributed by atoms with Gasteiger partial charge in [-0.3, -0.25) is 0 Å². The third-order valence-corrected chi connectivity index (χ3v) is 3.97. The van der Waals surface area contributed by atoms with Gasteiger partial charge >= 0.3 is 0 Å². The van der Waals surface area contributed by atoms with Gasteiger partial charge in [0.25, 0.3) is 0 Å². The van der Waals surface area contributed by atoms with E-state index < -0.39 is 0 Å². The predicted molar refractivity (Wildman–Crippen MR) is 118 cm³/mol. The zero-order valence-electron chi connectivity index (χ0n) is 15.3. The highest BCUT2D eigenvalue weighted by Gasteiger charge is 2.02. The highest BCUT2D eigenvalue weighted by atomic mass is 127. The van der Waals surface area contributed by atoms with Crippen molar-refractivity contribution in [2.75, 3.05) is 13.1 Å². The van der Waals surface area contributed by atoms with Gasteiger partial charge in [0.05, 0.1) is 12.2 Å². The predicted octanol–water partition coefficient (Wildman–Crippen LogP) is 3.56. The molecule has 0 aliphatic heterocycles. The lowest BCUT2D eigenvalue weighted by molar-refractivity contribution is 0.791. The van der Waals surface area contributed by atoms with Crippen molar-refractivity contribution in [3.8, 4) is 0 Å². The monoisotopic (exact) mass is 463 g/mol. The highest BCUT2D eigenvalue weighted by Crippen LogP contribution is 2.05. The van der Waals surface area contributed by atoms with Crippen molar-refractivity contribution < 1.29 is 0 Å². The molecule has 0 aliphatic carbocycles. The van der Waals surface area contributed by atoms with E-state index >= 15 is 0 Å². The number of aromatic nitrogens is 2. The summed E-state index contributed by atoms with van der Waals surface area (Å²) in [5.74, 6) is 0.840. The van der Waals surface area contributed by atoms with Crippen molar-refractivity contribution in [3.05, 3.63) is 71.7 Å². The molecule has 0 atom stereocenters. The average Bonchev–Trinajstić information content (AvgIpc) is 3.04. The van der Waals surface area contributed by atoms with Gasteiger partial charge in [-0.25, -0.2) is 9.98 Å². The number of guanidine groups is 1. The quantitative estimate of drug-likeness (QED) is 0.334. The minimum atomic E-state index is 0. The molecule has 0 saturated carbocycles. The van der Waals surface area contributed by atoms with Crippen LogP contribution in [0.25, 0.3) is 5.65 Å². The van der Waals surface area contributed by atoms with E-state index in [9.17, 15) is 0 Å². The molecule has 138 valence electrons. The zero-order chi connectivity index (χ0) is 17.5. The van der Waals surface area contributed by atoms with Gasteiger partial charge in [-0.2, -0.15) is 0 Å². The van der Waals surface area contributed by atoms with Crippen molar-refractivity contribution in [2.24, 2.45) is 4.99 Å². The molecule has 3 rings (SSSR count). The average molecular weight is 463 g/mol. The molecule has 0 amide bonds.